The van der Waals surface area contributed by atoms with Gasteiger partial charge in [-0.3, -0.25) is 9.59 Å². The minimum atomic E-state index is -0.0699. The minimum absolute atomic E-state index is 0.0699. The van der Waals surface area contributed by atoms with E-state index in [2.05, 4.69) is 27.7 Å². The van der Waals surface area contributed by atoms with Crippen LogP contribution in [0.1, 0.15) is 72.6 Å². The lowest BCUT2D eigenvalue weighted by molar-refractivity contribution is -0.134. The summed E-state index contributed by atoms with van der Waals surface area (Å²) in [4.78, 5) is 25.1. The molecule has 1 unspecified atom stereocenters. The lowest BCUT2D eigenvalue weighted by Gasteiger charge is -2.59. The van der Waals surface area contributed by atoms with Crippen LogP contribution in [0.25, 0.3) is 0 Å². The van der Waals surface area contributed by atoms with E-state index in [4.69, 9.17) is 0 Å². The minimum Gasteiger partial charge on any atom is -0.295 e. The van der Waals surface area contributed by atoms with Crippen molar-refractivity contribution in [2.24, 2.45) is 40.4 Å². The van der Waals surface area contributed by atoms with Crippen molar-refractivity contribution in [1.82, 2.24) is 0 Å². The third-order valence-corrected chi connectivity index (χ3v) is 9.03. The second kappa shape index (κ2) is 5.29. The molecule has 0 amide bonds. The molecule has 2 nitrogen and oxygen atoms in total. The Kier molecular flexibility index (Phi) is 3.64. The van der Waals surface area contributed by atoms with Gasteiger partial charge in [-0.2, -0.15) is 0 Å². The highest BCUT2D eigenvalue weighted by Crippen LogP contribution is 2.67. The van der Waals surface area contributed by atoms with Crippen molar-refractivity contribution in [3.8, 4) is 0 Å². The van der Waals surface area contributed by atoms with Crippen molar-refractivity contribution >= 4 is 11.6 Å². The Labute approximate surface area is 146 Å². The summed E-state index contributed by atoms with van der Waals surface area (Å²) in [5.41, 5.74) is 1.25. The maximum absolute atomic E-state index is 13.0. The van der Waals surface area contributed by atoms with Gasteiger partial charge in [0.15, 0.2) is 11.6 Å². The van der Waals surface area contributed by atoms with Gasteiger partial charge in [-0.1, -0.05) is 34.1 Å². The zero-order valence-corrected chi connectivity index (χ0v) is 15.7. The number of hydrogen-bond donors (Lipinski definition) is 0. The summed E-state index contributed by atoms with van der Waals surface area (Å²) in [5, 5.41) is 0. The average molecular weight is 328 g/mol. The number of allylic oxidation sites excluding steroid dienone is 1. The highest BCUT2D eigenvalue weighted by Gasteiger charge is 2.61. The number of fused-ring (bicyclic) bond motifs is 5. The SMILES string of the molecule is CC[C@H]1CC[C@H]2[C@@H]3CC(=O)C4=CC(=O)CC(C)[C@]4(C)[C@H]3CC[C@]12C. The van der Waals surface area contributed by atoms with Gasteiger partial charge in [0.2, 0.25) is 0 Å². The molecule has 0 radical (unpaired) electrons. The van der Waals surface area contributed by atoms with Crippen LogP contribution in [0.2, 0.25) is 0 Å². The van der Waals surface area contributed by atoms with Crippen LogP contribution >= 0.6 is 0 Å². The quantitative estimate of drug-likeness (QED) is 0.681. The van der Waals surface area contributed by atoms with Crippen LogP contribution in [0, 0.1) is 40.4 Å². The molecule has 3 saturated carbocycles. The van der Waals surface area contributed by atoms with Crippen molar-refractivity contribution in [2.75, 3.05) is 0 Å². The number of hydrogen-bond acceptors (Lipinski definition) is 2. The Morgan fingerprint density at radius 1 is 1.08 bits per heavy atom. The molecular formula is C22H32O2. The molecule has 0 saturated heterocycles. The lowest BCUT2D eigenvalue weighted by atomic mass is 9.44. The first kappa shape index (κ1) is 16.5. The fourth-order valence-corrected chi connectivity index (χ4v) is 7.52. The Balaban J connectivity index is 1.75. The Hall–Kier alpha value is -0.920. The van der Waals surface area contributed by atoms with Gasteiger partial charge >= 0.3 is 0 Å². The molecule has 4 aliphatic carbocycles. The predicted octanol–water partition coefficient (Wildman–Crippen LogP) is 4.97. The molecular weight excluding hydrogens is 296 g/mol. The smallest absolute Gasteiger partial charge is 0.159 e. The van der Waals surface area contributed by atoms with Crippen LogP contribution in [0.4, 0.5) is 0 Å². The molecule has 0 N–H and O–H groups in total. The van der Waals surface area contributed by atoms with Crippen molar-refractivity contribution < 1.29 is 9.59 Å². The van der Waals surface area contributed by atoms with Crippen molar-refractivity contribution in [3.05, 3.63) is 11.6 Å². The second-order valence-electron chi connectivity index (χ2n) is 9.64. The topological polar surface area (TPSA) is 34.1 Å². The number of carbonyl (C=O) groups excluding carboxylic acids is 2. The summed E-state index contributed by atoms with van der Waals surface area (Å²) in [6, 6.07) is 0. The van der Waals surface area contributed by atoms with Crippen molar-refractivity contribution in [1.29, 1.82) is 0 Å². The summed E-state index contributed by atoms with van der Waals surface area (Å²) in [5.74, 6) is 3.44. The standard InChI is InChI=1S/C22H32O2/c1-5-14-6-7-17-16-12-20(24)19-11-15(23)10-13(2)22(19,4)18(16)8-9-21(14,17)3/h11,13-14,16-18H,5-10,12H2,1-4H3/t13?,14-,16-,17-,18-,21+,22+/m0/s1. The summed E-state index contributed by atoms with van der Waals surface area (Å²) < 4.78 is 0. The normalized spacial score (nSPS) is 50.8. The van der Waals surface area contributed by atoms with E-state index in [1.165, 1.54) is 32.1 Å². The third-order valence-electron chi connectivity index (χ3n) is 9.03. The molecule has 3 fully saturated rings. The van der Waals surface area contributed by atoms with Gasteiger partial charge in [-0.05, 0) is 66.8 Å². The van der Waals surface area contributed by atoms with Crippen LogP contribution in [-0.2, 0) is 9.59 Å². The van der Waals surface area contributed by atoms with E-state index in [0.717, 1.165) is 11.5 Å². The Bertz CT molecular complexity index is 617. The zero-order valence-electron chi connectivity index (χ0n) is 15.7. The molecule has 7 atom stereocenters. The number of Topliss-reactive ketones (excluding diaryl/α,β-unsaturated/α-hetero) is 1. The van der Waals surface area contributed by atoms with Gasteiger partial charge in [0.1, 0.15) is 0 Å². The van der Waals surface area contributed by atoms with Gasteiger partial charge in [-0.25, -0.2) is 0 Å². The number of rotatable bonds is 1. The summed E-state index contributed by atoms with van der Waals surface area (Å²) >= 11 is 0. The van der Waals surface area contributed by atoms with Gasteiger partial charge in [0.25, 0.3) is 0 Å². The van der Waals surface area contributed by atoms with Crippen LogP contribution < -0.4 is 0 Å². The predicted molar refractivity (Wildman–Crippen MR) is 95.4 cm³/mol. The van der Waals surface area contributed by atoms with Crippen LogP contribution in [0.5, 0.6) is 0 Å². The average Bonchev–Trinajstić information content (AvgIpc) is 2.87. The monoisotopic (exact) mass is 328 g/mol. The molecule has 4 rings (SSSR count). The first-order valence-electron chi connectivity index (χ1n) is 10.1. The van der Waals surface area contributed by atoms with E-state index < -0.39 is 0 Å². The molecule has 2 heteroatoms. The highest BCUT2D eigenvalue weighted by molar-refractivity contribution is 6.06. The van der Waals surface area contributed by atoms with E-state index in [-0.39, 0.29) is 17.0 Å². The molecule has 0 aromatic carbocycles. The van der Waals surface area contributed by atoms with E-state index in [0.29, 0.717) is 41.9 Å². The maximum Gasteiger partial charge on any atom is 0.159 e. The van der Waals surface area contributed by atoms with Crippen LogP contribution in [0.15, 0.2) is 11.6 Å². The first-order valence-corrected chi connectivity index (χ1v) is 10.1. The molecule has 132 valence electrons. The van der Waals surface area contributed by atoms with Gasteiger partial charge < -0.3 is 0 Å². The van der Waals surface area contributed by atoms with Crippen LogP contribution in [-0.4, -0.2) is 11.6 Å². The third kappa shape index (κ3) is 1.95. The lowest BCUT2D eigenvalue weighted by Crippen LogP contribution is -2.55. The van der Waals surface area contributed by atoms with Gasteiger partial charge in [0.05, 0.1) is 0 Å². The maximum atomic E-state index is 13.0. The van der Waals surface area contributed by atoms with Gasteiger partial charge in [0, 0.05) is 23.8 Å². The summed E-state index contributed by atoms with van der Waals surface area (Å²) in [6.45, 7) is 9.37. The van der Waals surface area contributed by atoms with E-state index >= 15 is 0 Å². The molecule has 0 aromatic heterocycles. The van der Waals surface area contributed by atoms with Crippen molar-refractivity contribution in [2.45, 2.75) is 72.6 Å². The molecule has 0 aromatic rings. The number of carbonyl (C=O) groups is 2. The van der Waals surface area contributed by atoms with Crippen molar-refractivity contribution in [3.63, 3.8) is 0 Å². The molecule has 4 aliphatic rings. The zero-order chi connectivity index (χ0) is 17.3. The van der Waals surface area contributed by atoms with Crippen LogP contribution in [0.3, 0.4) is 0 Å². The molecule has 0 heterocycles. The summed E-state index contributed by atoms with van der Waals surface area (Å²) in [7, 11) is 0. The second-order valence-corrected chi connectivity index (χ2v) is 9.64. The van der Waals surface area contributed by atoms with E-state index in [1.54, 1.807) is 6.08 Å². The molecule has 0 aliphatic heterocycles. The van der Waals surface area contributed by atoms with E-state index in [9.17, 15) is 9.59 Å². The largest absolute Gasteiger partial charge is 0.295 e. The van der Waals surface area contributed by atoms with E-state index in [1.807, 2.05) is 0 Å². The molecule has 24 heavy (non-hydrogen) atoms. The summed E-state index contributed by atoms with van der Waals surface area (Å²) in [6.07, 6.45) is 9.54. The first-order chi connectivity index (χ1) is 11.3. The fraction of sp³-hybridized carbons (Fsp3) is 0.818. The highest BCUT2D eigenvalue weighted by atomic mass is 16.1. The fourth-order valence-electron chi connectivity index (χ4n) is 7.52. The molecule has 0 spiro atoms. The molecule has 0 bridgehead atoms. The number of ketones is 2. The Morgan fingerprint density at radius 2 is 1.83 bits per heavy atom. The van der Waals surface area contributed by atoms with Gasteiger partial charge in [-0.15, -0.1) is 0 Å². The Morgan fingerprint density at radius 3 is 2.54 bits per heavy atom.